The van der Waals surface area contributed by atoms with Gasteiger partial charge in [-0.25, -0.2) is 0 Å². The minimum absolute atomic E-state index is 0.158. The van der Waals surface area contributed by atoms with Crippen molar-refractivity contribution in [1.82, 2.24) is 0 Å². The summed E-state index contributed by atoms with van der Waals surface area (Å²) in [4.78, 5) is 0.211. The number of hydrogen-bond donors (Lipinski definition) is 0. The highest BCUT2D eigenvalue weighted by atomic mass is 32.2. The molecule has 4 nitrogen and oxygen atoms in total. The molecule has 2 unspecified atom stereocenters. The Morgan fingerprint density at radius 1 is 0.844 bits per heavy atom. The number of rotatable bonds is 9. The summed E-state index contributed by atoms with van der Waals surface area (Å²) < 4.78 is 36.1. The lowest BCUT2D eigenvalue weighted by atomic mass is 9.84. The first-order valence-corrected chi connectivity index (χ1v) is 12.9. The average molecular weight is 461 g/mol. The highest BCUT2D eigenvalue weighted by Crippen LogP contribution is 2.33. The van der Waals surface area contributed by atoms with Crippen LogP contribution in [0.5, 0.6) is 5.75 Å². The minimum Gasteiger partial charge on any atom is -0.488 e. The van der Waals surface area contributed by atoms with Crippen molar-refractivity contribution in [3.63, 3.8) is 0 Å². The van der Waals surface area contributed by atoms with Gasteiger partial charge in [-0.3, -0.25) is 4.18 Å². The fraction of sp³-hybridized carbons (Fsp3) is 0.556. The second-order valence-electron chi connectivity index (χ2n) is 10.9. The highest BCUT2D eigenvalue weighted by molar-refractivity contribution is 7.86. The largest absolute Gasteiger partial charge is 0.488 e. The quantitative estimate of drug-likeness (QED) is 0.368. The Bertz CT molecular complexity index is 947. The first-order chi connectivity index (χ1) is 14.7. The van der Waals surface area contributed by atoms with Crippen molar-refractivity contribution >= 4 is 10.1 Å². The molecule has 0 radical (unpaired) electrons. The Morgan fingerprint density at radius 2 is 1.38 bits per heavy atom. The van der Waals surface area contributed by atoms with Gasteiger partial charge in [0.2, 0.25) is 0 Å². The van der Waals surface area contributed by atoms with Gasteiger partial charge in [0.15, 0.2) is 0 Å². The van der Waals surface area contributed by atoms with Crippen LogP contribution in [-0.4, -0.2) is 20.6 Å². The van der Waals surface area contributed by atoms with Crippen molar-refractivity contribution in [2.24, 2.45) is 5.41 Å². The van der Waals surface area contributed by atoms with E-state index in [1.165, 1.54) is 5.56 Å². The number of ether oxygens (including phenoxy) is 1. The molecule has 0 bridgehead atoms. The van der Waals surface area contributed by atoms with E-state index in [2.05, 4.69) is 26.0 Å². The predicted octanol–water partition coefficient (Wildman–Crippen LogP) is 7.30. The molecule has 0 aliphatic rings. The lowest BCUT2D eigenvalue weighted by Crippen LogP contribution is -2.22. The summed E-state index contributed by atoms with van der Waals surface area (Å²) in [5, 5.41) is 0. The molecule has 0 spiro atoms. The molecule has 2 aromatic carbocycles. The standard InChI is InChI=1S/C27H40O4S/c1-9-21(18-20(2)22-10-14-24(15-11-22)31-27(6,7)8)23-12-16-25(17-13-23)32(28,29)30-19-26(3,4)5/h10-17,20-21H,9,18-19H2,1-8H3. The molecule has 2 atom stereocenters. The summed E-state index contributed by atoms with van der Waals surface area (Å²) in [7, 11) is -3.74. The lowest BCUT2D eigenvalue weighted by molar-refractivity contribution is 0.131. The molecule has 0 fully saturated rings. The molecule has 0 aliphatic heterocycles. The SMILES string of the molecule is CCC(CC(C)c1ccc(OC(C)(C)C)cc1)c1ccc(S(=O)(=O)OCC(C)(C)C)cc1. The van der Waals surface area contributed by atoms with E-state index in [1.54, 1.807) is 12.1 Å². The van der Waals surface area contributed by atoms with E-state index in [9.17, 15) is 8.42 Å². The van der Waals surface area contributed by atoms with Gasteiger partial charge in [0.05, 0.1) is 11.5 Å². The van der Waals surface area contributed by atoms with Gasteiger partial charge in [-0.15, -0.1) is 0 Å². The topological polar surface area (TPSA) is 52.6 Å². The maximum Gasteiger partial charge on any atom is 0.296 e. The molecule has 178 valence electrons. The normalized spacial score (nSPS) is 14.8. The van der Waals surface area contributed by atoms with Gasteiger partial charge in [-0.05, 0) is 86.3 Å². The molecule has 0 saturated carbocycles. The third-order valence-corrected chi connectivity index (χ3v) is 6.57. The van der Waals surface area contributed by atoms with Crippen LogP contribution in [0.1, 0.15) is 91.2 Å². The van der Waals surface area contributed by atoms with Crippen molar-refractivity contribution in [3.05, 3.63) is 59.7 Å². The summed E-state index contributed by atoms with van der Waals surface area (Å²) in [6, 6.07) is 15.5. The first-order valence-electron chi connectivity index (χ1n) is 11.5. The lowest BCUT2D eigenvalue weighted by Gasteiger charge is -2.23. The third kappa shape index (κ3) is 8.25. The van der Waals surface area contributed by atoms with E-state index in [0.29, 0.717) is 11.8 Å². The van der Waals surface area contributed by atoms with Gasteiger partial charge in [0.1, 0.15) is 11.4 Å². The van der Waals surface area contributed by atoms with Crippen LogP contribution in [0.25, 0.3) is 0 Å². The molecule has 2 rings (SSSR count). The first kappa shape index (κ1) is 26.4. The van der Waals surface area contributed by atoms with Gasteiger partial charge in [-0.2, -0.15) is 8.42 Å². The number of benzene rings is 2. The second kappa shape index (κ2) is 10.4. The van der Waals surface area contributed by atoms with Crippen LogP contribution in [0, 0.1) is 5.41 Å². The van der Waals surface area contributed by atoms with Crippen molar-refractivity contribution < 1.29 is 17.3 Å². The number of hydrogen-bond acceptors (Lipinski definition) is 4. The van der Waals surface area contributed by atoms with E-state index in [-0.39, 0.29) is 22.5 Å². The zero-order chi connectivity index (χ0) is 24.2. The predicted molar refractivity (Wildman–Crippen MR) is 132 cm³/mol. The van der Waals surface area contributed by atoms with Gasteiger partial charge in [0, 0.05) is 0 Å². The average Bonchev–Trinajstić information content (AvgIpc) is 2.69. The van der Waals surface area contributed by atoms with Crippen LogP contribution in [0.2, 0.25) is 0 Å². The fourth-order valence-electron chi connectivity index (χ4n) is 3.55. The monoisotopic (exact) mass is 460 g/mol. The van der Waals surface area contributed by atoms with Crippen LogP contribution in [0.4, 0.5) is 0 Å². The molecule has 0 heterocycles. The van der Waals surface area contributed by atoms with Crippen molar-refractivity contribution in [2.45, 2.75) is 90.6 Å². The fourth-order valence-corrected chi connectivity index (χ4v) is 4.66. The zero-order valence-corrected chi connectivity index (χ0v) is 21.8. The van der Waals surface area contributed by atoms with Crippen molar-refractivity contribution in [1.29, 1.82) is 0 Å². The highest BCUT2D eigenvalue weighted by Gasteiger charge is 2.21. The molecule has 5 heteroatoms. The summed E-state index contributed by atoms with van der Waals surface area (Å²) >= 11 is 0. The van der Waals surface area contributed by atoms with Crippen molar-refractivity contribution in [2.75, 3.05) is 6.61 Å². The zero-order valence-electron chi connectivity index (χ0n) is 20.9. The molecule has 0 saturated heterocycles. The summed E-state index contributed by atoms with van der Waals surface area (Å²) in [5.74, 6) is 1.61. The van der Waals surface area contributed by atoms with Crippen molar-refractivity contribution in [3.8, 4) is 5.75 Å². The van der Waals surface area contributed by atoms with Crippen LogP contribution in [0.15, 0.2) is 53.4 Å². The molecule has 0 N–H and O–H groups in total. The molecule has 0 amide bonds. The molecular weight excluding hydrogens is 420 g/mol. The summed E-state index contributed by atoms with van der Waals surface area (Å²) in [5.41, 5.74) is 2.01. The smallest absolute Gasteiger partial charge is 0.296 e. The van der Waals surface area contributed by atoms with Crippen LogP contribution in [0.3, 0.4) is 0 Å². The Balaban J connectivity index is 2.07. The third-order valence-electron chi connectivity index (χ3n) is 5.29. The van der Waals surface area contributed by atoms with Crippen LogP contribution < -0.4 is 4.74 Å². The van der Waals surface area contributed by atoms with E-state index in [0.717, 1.165) is 24.2 Å². The van der Waals surface area contributed by atoms with Gasteiger partial charge in [-0.1, -0.05) is 58.9 Å². The van der Waals surface area contributed by atoms with E-state index in [4.69, 9.17) is 8.92 Å². The second-order valence-corrected chi connectivity index (χ2v) is 12.5. The van der Waals surface area contributed by atoms with Gasteiger partial charge >= 0.3 is 0 Å². The van der Waals surface area contributed by atoms with E-state index < -0.39 is 10.1 Å². The Hall–Kier alpha value is -1.85. The Labute approximate surface area is 195 Å². The maximum absolute atomic E-state index is 12.5. The summed E-state index contributed by atoms with van der Waals surface area (Å²) in [6.45, 7) is 16.5. The van der Waals surface area contributed by atoms with Crippen LogP contribution in [-0.2, 0) is 14.3 Å². The summed E-state index contributed by atoms with van der Waals surface area (Å²) in [6.07, 6.45) is 1.98. The Morgan fingerprint density at radius 3 is 1.84 bits per heavy atom. The molecule has 0 aromatic heterocycles. The van der Waals surface area contributed by atoms with E-state index in [1.807, 2.05) is 65.8 Å². The molecular formula is C27H40O4S. The van der Waals surface area contributed by atoms with Gasteiger partial charge in [0.25, 0.3) is 10.1 Å². The molecule has 32 heavy (non-hydrogen) atoms. The van der Waals surface area contributed by atoms with Crippen LogP contribution >= 0.6 is 0 Å². The molecule has 2 aromatic rings. The Kier molecular flexibility index (Phi) is 8.57. The minimum atomic E-state index is -3.74. The van der Waals surface area contributed by atoms with E-state index >= 15 is 0 Å². The van der Waals surface area contributed by atoms with Gasteiger partial charge < -0.3 is 4.74 Å². The maximum atomic E-state index is 12.5. The molecule has 0 aliphatic carbocycles.